The van der Waals surface area contributed by atoms with E-state index in [9.17, 15) is 4.79 Å². The predicted molar refractivity (Wildman–Crippen MR) is 58.9 cm³/mol. The predicted octanol–water partition coefficient (Wildman–Crippen LogP) is 2.58. The maximum atomic E-state index is 11.5. The van der Waals surface area contributed by atoms with Gasteiger partial charge < -0.3 is 9.73 Å². The van der Waals surface area contributed by atoms with Gasteiger partial charge >= 0.3 is 0 Å². The van der Waals surface area contributed by atoms with Crippen molar-refractivity contribution in [1.82, 2.24) is 5.32 Å². The Morgan fingerprint density at radius 1 is 1.53 bits per heavy atom. The van der Waals surface area contributed by atoms with Gasteiger partial charge in [0.15, 0.2) is 5.76 Å². The fourth-order valence-corrected chi connectivity index (χ4v) is 2.09. The summed E-state index contributed by atoms with van der Waals surface area (Å²) in [7, 11) is 0. The highest BCUT2D eigenvalue weighted by Crippen LogP contribution is 2.15. The van der Waals surface area contributed by atoms with Crippen molar-refractivity contribution in [2.24, 2.45) is 0 Å². The minimum absolute atomic E-state index is 0.173. The molecule has 0 radical (unpaired) electrons. The van der Waals surface area contributed by atoms with E-state index in [0.717, 1.165) is 0 Å². The molecule has 0 bridgehead atoms. The zero-order valence-corrected chi connectivity index (χ0v) is 9.14. The molecular weight excluding hydrogens is 210 g/mol. The lowest BCUT2D eigenvalue weighted by molar-refractivity contribution is 0.0923. The van der Waals surface area contributed by atoms with Crippen LogP contribution in [0.4, 0.5) is 0 Å². The van der Waals surface area contributed by atoms with E-state index in [2.05, 4.69) is 5.32 Å². The molecule has 0 spiro atoms. The van der Waals surface area contributed by atoms with E-state index >= 15 is 0 Å². The molecule has 0 aliphatic heterocycles. The van der Waals surface area contributed by atoms with Crippen LogP contribution in [-0.4, -0.2) is 5.91 Å². The molecule has 1 N–H and O–H groups in total. The van der Waals surface area contributed by atoms with Crippen molar-refractivity contribution >= 4 is 17.2 Å². The summed E-state index contributed by atoms with van der Waals surface area (Å²) in [5.41, 5.74) is 1.21. The number of nitrogens with one attached hydrogen (secondary N) is 1. The van der Waals surface area contributed by atoms with E-state index in [1.165, 1.54) is 16.7 Å². The van der Waals surface area contributed by atoms with Gasteiger partial charge in [-0.05, 0) is 36.1 Å². The zero-order valence-electron chi connectivity index (χ0n) is 8.32. The van der Waals surface area contributed by atoms with Crippen molar-refractivity contribution in [3.8, 4) is 0 Å². The van der Waals surface area contributed by atoms with Crippen molar-refractivity contribution in [3.63, 3.8) is 0 Å². The number of carbonyl (C=O) groups is 1. The smallest absolute Gasteiger partial charge is 0.287 e. The Kier molecular flexibility index (Phi) is 2.87. The number of furan rings is 1. The van der Waals surface area contributed by atoms with Crippen molar-refractivity contribution in [1.29, 1.82) is 0 Å². The monoisotopic (exact) mass is 221 g/mol. The maximum Gasteiger partial charge on any atom is 0.287 e. The summed E-state index contributed by atoms with van der Waals surface area (Å²) in [6.45, 7) is 2.59. The fraction of sp³-hybridized carbons (Fsp3) is 0.182. The second-order valence-corrected chi connectivity index (χ2v) is 4.19. The van der Waals surface area contributed by atoms with Crippen molar-refractivity contribution in [2.75, 3.05) is 0 Å². The molecule has 2 aromatic rings. The molecule has 0 aromatic carbocycles. The molecule has 4 heteroatoms. The molecule has 0 unspecified atom stereocenters. The third kappa shape index (κ3) is 2.27. The lowest BCUT2D eigenvalue weighted by Crippen LogP contribution is -2.21. The molecule has 15 heavy (non-hydrogen) atoms. The molecule has 0 aliphatic carbocycles. The quantitative estimate of drug-likeness (QED) is 0.865. The minimum atomic E-state index is -0.173. The number of thiophene rings is 1. The van der Waals surface area contributed by atoms with Crippen LogP contribution in [0.2, 0.25) is 0 Å². The normalized spacial score (nSPS) is 10.2. The van der Waals surface area contributed by atoms with Gasteiger partial charge in [0.05, 0.1) is 12.8 Å². The van der Waals surface area contributed by atoms with E-state index < -0.39 is 0 Å². The van der Waals surface area contributed by atoms with Crippen LogP contribution in [0.15, 0.2) is 34.3 Å². The number of aryl methyl sites for hydroxylation is 1. The summed E-state index contributed by atoms with van der Waals surface area (Å²) in [6, 6.07) is 5.39. The second kappa shape index (κ2) is 4.31. The number of hydrogen-bond acceptors (Lipinski definition) is 3. The standard InChI is InChI=1S/C11H11NO2S/c1-8-4-6-15-10(8)7-12-11(13)9-3-2-5-14-9/h2-6H,7H2,1H3,(H,12,13). The molecule has 78 valence electrons. The Labute approximate surface area is 91.7 Å². The van der Waals surface area contributed by atoms with Gasteiger partial charge in [-0.1, -0.05) is 0 Å². The number of hydrogen-bond donors (Lipinski definition) is 1. The fourth-order valence-electron chi connectivity index (χ4n) is 1.24. The third-order valence-electron chi connectivity index (χ3n) is 2.12. The SMILES string of the molecule is Cc1ccsc1CNC(=O)c1ccco1. The Bertz CT molecular complexity index is 445. The molecule has 0 fully saturated rings. The molecule has 2 rings (SSSR count). The summed E-state index contributed by atoms with van der Waals surface area (Å²) in [4.78, 5) is 12.7. The lowest BCUT2D eigenvalue weighted by atomic mass is 10.3. The van der Waals surface area contributed by atoms with Gasteiger partial charge in [0.25, 0.3) is 5.91 Å². The van der Waals surface area contributed by atoms with Gasteiger partial charge in [-0.25, -0.2) is 0 Å². The average Bonchev–Trinajstić information content (AvgIpc) is 2.85. The Hall–Kier alpha value is -1.55. The topological polar surface area (TPSA) is 42.2 Å². The van der Waals surface area contributed by atoms with Crippen molar-refractivity contribution in [2.45, 2.75) is 13.5 Å². The molecule has 0 aliphatic rings. The molecule has 0 atom stereocenters. The molecule has 2 heterocycles. The Morgan fingerprint density at radius 2 is 2.40 bits per heavy atom. The first kappa shape index (κ1) is 9.98. The van der Waals surface area contributed by atoms with Crippen LogP contribution in [-0.2, 0) is 6.54 Å². The van der Waals surface area contributed by atoms with E-state index in [1.54, 1.807) is 23.5 Å². The first-order valence-corrected chi connectivity index (χ1v) is 5.50. The van der Waals surface area contributed by atoms with Crippen LogP contribution in [0.3, 0.4) is 0 Å². The average molecular weight is 221 g/mol. The number of rotatable bonds is 3. The zero-order chi connectivity index (χ0) is 10.7. The van der Waals surface area contributed by atoms with Crippen LogP contribution in [0, 0.1) is 6.92 Å². The summed E-state index contributed by atoms with van der Waals surface area (Å²) >= 11 is 1.64. The summed E-state index contributed by atoms with van der Waals surface area (Å²) in [6.07, 6.45) is 1.49. The van der Waals surface area contributed by atoms with Gasteiger partial charge in [0.1, 0.15) is 0 Å². The summed E-state index contributed by atoms with van der Waals surface area (Å²) < 4.78 is 4.99. The highest BCUT2D eigenvalue weighted by atomic mass is 32.1. The molecule has 2 aromatic heterocycles. The van der Waals surface area contributed by atoms with Crippen LogP contribution >= 0.6 is 11.3 Å². The molecular formula is C11H11NO2S. The number of amides is 1. The Balaban J connectivity index is 1.95. The molecule has 1 amide bonds. The highest BCUT2D eigenvalue weighted by Gasteiger charge is 2.08. The van der Waals surface area contributed by atoms with Gasteiger partial charge in [0, 0.05) is 4.88 Å². The largest absolute Gasteiger partial charge is 0.459 e. The van der Waals surface area contributed by atoms with Crippen molar-refractivity contribution in [3.05, 3.63) is 46.0 Å². The molecule has 3 nitrogen and oxygen atoms in total. The Morgan fingerprint density at radius 3 is 3.00 bits per heavy atom. The summed E-state index contributed by atoms with van der Waals surface area (Å²) in [5, 5.41) is 4.82. The van der Waals surface area contributed by atoms with Crippen LogP contribution < -0.4 is 5.32 Å². The van der Waals surface area contributed by atoms with Gasteiger partial charge in [-0.3, -0.25) is 4.79 Å². The second-order valence-electron chi connectivity index (χ2n) is 3.19. The molecule has 0 saturated carbocycles. The molecule has 0 saturated heterocycles. The minimum Gasteiger partial charge on any atom is -0.459 e. The third-order valence-corrected chi connectivity index (χ3v) is 3.15. The first-order valence-electron chi connectivity index (χ1n) is 4.62. The number of carbonyl (C=O) groups excluding carboxylic acids is 1. The van der Waals surface area contributed by atoms with Gasteiger partial charge in [-0.15, -0.1) is 11.3 Å². The summed E-state index contributed by atoms with van der Waals surface area (Å²) in [5.74, 6) is 0.178. The van der Waals surface area contributed by atoms with E-state index in [0.29, 0.717) is 12.3 Å². The van der Waals surface area contributed by atoms with Gasteiger partial charge in [-0.2, -0.15) is 0 Å². The van der Waals surface area contributed by atoms with Gasteiger partial charge in [0.2, 0.25) is 0 Å². The van der Waals surface area contributed by atoms with Crippen LogP contribution in [0.1, 0.15) is 21.0 Å². The van der Waals surface area contributed by atoms with Crippen LogP contribution in [0.25, 0.3) is 0 Å². The van der Waals surface area contributed by atoms with Crippen molar-refractivity contribution < 1.29 is 9.21 Å². The first-order chi connectivity index (χ1) is 7.27. The van der Waals surface area contributed by atoms with E-state index in [4.69, 9.17) is 4.42 Å². The lowest BCUT2D eigenvalue weighted by Gasteiger charge is -2.01. The van der Waals surface area contributed by atoms with E-state index in [1.807, 2.05) is 18.4 Å². The van der Waals surface area contributed by atoms with E-state index in [-0.39, 0.29) is 5.91 Å². The van der Waals surface area contributed by atoms with Crippen LogP contribution in [0.5, 0.6) is 0 Å². The highest BCUT2D eigenvalue weighted by molar-refractivity contribution is 7.10. The maximum absolute atomic E-state index is 11.5.